The fourth-order valence-corrected chi connectivity index (χ4v) is 2.34. The lowest BCUT2D eigenvalue weighted by atomic mass is 10.0. The normalized spacial score (nSPS) is 11.6. The zero-order valence-corrected chi connectivity index (χ0v) is 11.5. The average molecular weight is 246 g/mol. The lowest BCUT2D eigenvalue weighted by Gasteiger charge is -2.06. The van der Waals surface area contributed by atoms with Crippen molar-refractivity contribution in [3.8, 4) is 0 Å². The van der Waals surface area contributed by atoms with E-state index in [0.29, 0.717) is 5.92 Å². The Morgan fingerprint density at radius 2 is 2.11 bits per heavy atom. The molecule has 98 valence electrons. The Bertz CT molecular complexity index is 529. The molecule has 0 saturated heterocycles. The molecule has 0 saturated carbocycles. The van der Waals surface area contributed by atoms with Crippen molar-refractivity contribution in [3.63, 3.8) is 0 Å². The second-order valence-electron chi connectivity index (χ2n) is 5.00. The van der Waals surface area contributed by atoms with E-state index in [1.165, 1.54) is 11.1 Å². The third kappa shape index (κ3) is 2.41. The highest BCUT2D eigenvalue weighted by Crippen LogP contribution is 2.22. The van der Waals surface area contributed by atoms with E-state index in [-0.39, 0.29) is 6.61 Å². The molecule has 1 aromatic carbocycles. The topological polar surface area (TPSA) is 38.0 Å². The van der Waals surface area contributed by atoms with Crippen molar-refractivity contribution in [2.24, 2.45) is 0 Å². The molecule has 0 aliphatic heterocycles. The number of aliphatic hydroxyl groups is 1. The summed E-state index contributed by atoms with van der Waals surface area (Å²) in [5.74, 6) is 1.62. The van der Waals surface area contributed by atoms with Crippen molar-refractivity contribution < 1.29 is 5.11 Å². The van der Waals surface area contributed by atoms with E-state index in [4.69, 9.17) is 10.1 Å². The minimum absolute atomic E-state index is 0.226. The van der Waals surface area contributed by atoms with Crippen LogP contribution in [0.2, 0.25) is 0 Å². The van der Waals surface area contributed by atoms with Crippen molar-refractivity contribution >= 4 is 11.0 Å². The van der Waals surface area contributed by atoms with Crippen molar-refractivity contribution in [1.82, 2.24) is 9.55 Å². The predicted molar refractivity (Wildman–Crippen MR) is 74.9 cm³/mol. The van der Waals surface area contributed by atoms with Crippen LogP contribution in [0.5, 0.6) is 0 Å². The number of aromatic nitrogens is 2. The van der Waals surface area contributed by atoms with E-state index in [0.717, 1.165) is 30.7 Å². The zero-order valence-electron chi connectivity index (χ0n) is 11.5. The summed E-state index contributed by atoms with van der Waals surface area (Å²) in [5.41, 5.74) is 3.61. The molecule has 1 N–H and O–H groups in total. The summed E-state index contributed by atoms with van der Waals surface area (Å²) in [6, 6.07) is 6.55. The van der Waals surface area contributed by atoms with Crippen LogP contribution in [0.1, 0.15) is 44.5 Å². The fraction of sp³-hybridized carbons (Fsp3) is 0.533. The molecule has 0 bridgehead atoms. The summed E-state index contributed by atoms with van der Waals surface area (Å²) in [5, 5.41) is 8.95. The number of hydrogen-bond donors (Lipinski definition) is 1. The number of benzene rings is 1. The molecular weight excluding hydrogens is 224 g/mol. The Balaban J connectivity index is 2.46. The summed E-state index contributed by atoms with van der Waals surface area (Å²) >= 11 is 0. The SMILES string of the molecule is CCn1c(CCCO)nc2cc(C(C)C)ccc21. The lowest BCUT2D eigenvalue weighted by Crippen LogP contribution is -2.02. The summed E-state index contributed by atoms with van der Waals surface area (Å²) in [6.07, 6.45) is 1.62. The molecule has 0 aliphatic rings. The van der Waals surface area contributed by atoms with Gasteiger partial charge >= 0.3 is 0 Å². The van der Waals surface area contributed by atoms with Crippen molar-refractivity contribution in [3.05, 3.63) is 29.6 Å². The monoisotopic (exact) mass is 246 g/mol. The van der Waals surface area contributed by atoms with Crippen LogP contribution in [0, 0.1) is 0 Å². The maximum Gasteiger partial charge on any atom is 0.109 e. The van der Waals surface area contributed by atoms with Crippen molar-refractivity contribution in [2.75, 3.05) is 6.61 Å². The molecule has 18 heavy (non-hydrogen) atoms. The predicted octanol–water partition coefficient (Wildman–Crippen LogP) is 3.10. The summed E-state index contributed by atoms with van der Waals surface area (Å²) in [4.78, 5) is 4.72. The molecule has 1 heterocycles. The zero-order chi connectivity index (χ0) is 13.1. The van der Waals surface area contributed by atoms with E-state index >= 15 is 0 Å². The van der Waals surface area contributed by atoms with Crippen molar-refractivity contribution in [2.45, 2.75) is 46.1 Å². The highest BCUT2D eigenvalue weighted by molar-refractivity contribution is 5.77. The van der Waals surface area contributed by atoms with Gasteiger partial charge in [-0.05, 0) is 37.0 Å². The Kier molecular flexibility index (Phi) is 4.02. The van der Waals surface area contributed by atoms with Crippen LogP contribution in [-0.4, -0.2) is 21.3 Å². The highest BCUT2D eigenvalue weighted by Gasteiger charge is 2.10. The first-order valence-electron chi connectivity index (χ1n) is 6.77. The second-order valence-corrected chi connectivity index (χ2v) is 5.00. The fourth-order valence-electron chi connectivity index (χ4n) is 2.34. The molecule has 3 nitrogen and oxygen atoms in total. The van der Waals surface area contributed by atoms with E-state index in [1.54, 1.807) is 0 Å². The Morgan fingerprint density at radius 3 is 2.72 bits per heavy atom. The maximum absolute atomic E-state index is 8.95. The number of hydrogen-bond acceptors (Lipinski definition) is 2. The molecule has 3 heteroatoms. The molecule has 0 radical (unpaired) electrons. The van der Waals surface area contributed by atoms with Crippen LogP contribution in [0.4, 0.5) is 0 Å². The van der Waals surface area contributed by atoms with Crippen LogP contribution in [0.3, 0.4) is 0 Å². The van der Waals surface area contributed by atoms with Crippen molar-refractivity contribution in [1.29, 1.82) is 0 Å². The van der Waals surface area contributed by atoms with Crippen LogP contribution in [0.15, 0.2) is 18.2 Å². The Hall–Kier alpha value is -1.35. The van der Waals surface area contributed by atoms with Gasteiger partial charge in [0, 0.05) is 19.6 Å². The molecule has 0 fully saturated rings. The molecule has 0 aliphatic carbocycles. The highest BCUT2D eigenvalue weighted by atomic mass is 16.2. The number of aryl methyl sites for hydroxylation is 2. The quantitative estimate of drug-likeness (QED) is 0.880. The first kappa shape index (κ1) is 13.1. The van der Waals surface area contributed by atoms with Gasteiger partial charge < -0.3 is 9.67 Å². The van der Waals surface area contributed by atoms with E-state index < -0.39 is 0 Å². The standard InChI is InChI=1S/C15H22N2O/c1-4-17-14-8-7-12(11(2)3)10-13(14)16-15(17)6-5-9-18/h7-8,10-11,18H,4-6,9H2,1-3H3. The van der Waals surface area contributed by atoms with Crippen LogP contribution >= 0.6 is 0 Å². The molecule has 2 aromatic rings. The van der Waals surface area contributed by atoms with Gasteiger partial charge in [0.1, 0.15) is 5.82 Å². The molecule has 2 rings (SSSR count). The van der Waals surface area contributed by atoms with E-state index in [1.807, 2.05) is 0 Å². The molecule has 1 aromatic heterocycles. The largest absolute Gasteiger partial charge is 0.396 e. The first-order valence-corrected chi connectivity index (χ1v) is 6.77. The van der Waals surface area contributed by atoms with Gasteiger partial charge in [0.15, 0.2) is 0 Å². The maximum atomic E-state index is 8.95. The number of nitrogens with zero attached hydrogens (tertiary/aromatic N) is 2. The van der Waals surface area contributed by atoms with Gasteiger partial charge in [-0.2, -0.15) is 0 Å². The van der Waals surface area contributed by atoms with Crippen LogP contribution in [-0.2, 0) is 13.0 Å². The van der Waals surface area contributed by atoms with E-state index in [9.17, 15) is 0 Å². The first-order chi connectivity index (χ1) is 8.67. The second kappa shape index (κ2) is 5.53. The summed E-state index contributed by atoms with van der Waals surface area (Å²) < 4.78 is 2.25. The average Bonchev–Trinajstić information content (AvgIpc) is 2.72. The number of imidazole rings is 1. The minimum Gasteiger partial charge on any atom is -0.396 e. The smallest absolute Gasteiger partial charge is 0.109 e. The summed E-state index contributed by atoms with van der Waals surface area (Å²) in [6.45, 7) is 7.69. The third-order valence-electron chi connectivity index (χ3n) is 3.39. The van der Waals surface area contributed by atoms with Gasteiger partial charge in [-0.3, -0.25) is 0 Å². The summed E-state index contributed by atoms with van der Waals surface area (Å²) in [7, 11) is 0. The van der Waals surface area contributed by atoms with Crippen LogP contribution in [0.25, 0.3) is 11.0 Å². The van der Waals surface area contributed by atoms with Gasteiger partial charge in [0.25, 0.3) is 0 Å². The van der Waals surface area contributed by atoms with Crippen LogP contribution < -0.4 is 0 Å². The molecule has 0 unspecified atom stereocenters. The number of fused-ring (bicyclic) bond motifs is 1. The lowest BCUT2D eigenvalue weighted by molar-refractivity contribution is 0.287. The molecule has 0 amide bonds. The van der Waals surface area contributed by atoms with Gasteiger partial charge in [0.2, 0.25) is 0 Å². The van der Waals surface area contributed by atoms with E-state index in [2.05, 4.69) is 43.5 Å². The van der Waals surface area contributed by atoms with Gasteiger partial charge in [0.05, 0.1) is 11.0 Å². The van der Waals surface area contributed by atoms with Gasteiger partial charge in [-0.15, -0.1) is 0 Å². The Labute approximate surface area is 108 Å². The number of aliphatic hydroxyl groups excluding tert-OH is 1. The Morgan fingerprint density at radius 1 is 1.33 bits per heavy atom. The molecule has 0 spiro atoms. The molecule has 0 atom stereocenters. The van der Waals surface area contributed by atoms with Gasteiger partial charge in [-0.1, -0.05) is 19.9 Å². The number of rotatable bonds is 5. The molecular formula is C15H22N2O. The van der Waals surface area contributed by atoms with Gasteiger partial charge in [-0.25, -0.2) is 4.98 Å². The third-order valence-corrected chi connectivity index (χ3v) is 3.39. The minimum atomic E-state index is 0.226.